The topological polar surface area (TPSA) is 23.6 Å². The summed E-state index contributed by atoms with van der Waals surface area (Å²) in [6, 6.07) is 18.5. The second-order valence-electron chi connectivity index (χ2n) is 7.60. The molecule has 138 valence electrons. The van der Waals surface area contributed by atoms with Crippen LogP contribution in [0.2, 0.25) is 0 Å². The van der Waals surface area contributed by atoms with E-state index < -0.39 is 0 Å². The van der Waals surface area contributed by atoms with Gasteiger partial charge in [-0.25, -0.2) is 0 Å². The number of piperidine rings is 1. The van der Waals surface area contributed by atoms with E-state index in [9.17, 15) is 4.79 Å². The van der Waals surface area contributed by atoms with Crippen LogP contribution in [0.3, 0.4) is 0 Å². The number of nitrogens with zero attached hydrogens (tertiary/aromatic N) is 2. The second kappa shape index (κ2) is 8.52. The zero-order chi connectivity index (χ0) is 18.5. The maximum atomic E-state index is 11.6. The first-order valence-corrected chi connectivity index (χ1v) is 9.87. The Balaban J connectivity index is 1.27. The van der Waals surface area contributed by atoms with Gasteiger partial charge in [0.2, 0.25) is 0 Å². The van der Waals surface area contributed by atoms with Gasteiger partial charge in [0.25, 0.3) is 0 Å². The third kappa shape index (κ3) is 4.30. The van der Waals surface area contributed by atoms with E-state index in [1.165, 1.54) is 24.0 Å². The monoisotopic (exact) mass is 358 g/mol. The molecule has 1 atom stereocenters. The molecule has 0 radical (unpaired) electrons. The highest BCUT2D eigenvalue weighted by Gasteiger charge is 2.31. The lowest BCUT2D eigenvalue weighted by Crippen LogP contribution is -2.38. The van der Waals surface area contributed by atoms with Gasteiger partial charge in [-0.3, -0.25) is 9.80 Å². The maximum absolute atomic E-state index is 11.6. The molecular formula is C24H26N2O. The minimum atomic E-state index is -0.0593. The van der Waals surface area contributed by atoms with Crippen molar-refractivity contribution < 1.29 is 4.79 Å². The van der Waals surface area contributed by atoms with E-state index in [1.807, 2.05) is 24.3 Å². The molecule has 0 amide bonds. The zero-order valence-electron chi connectivity index (χ0n) is 15.7. The Bertz CT molecular complexity index is 828. The molecule has 2 aromatic carbocycles. The maximum Gasteiger partial charge on any atom is 0.141 e. The quantitative estimate of drug-likeness (QED) is 0.617. The molecule has 0 spiro atoms. The highest BCUT2D eigenvalue weighted by molar-refractivity contribution is 5.64. The second-order valence-corrected chi connectivity index (χ2v) is 7.60. The molecule has 1 fully saturated rings. The van der Waals surface area contributed by atoms with Crippen LogP contribution < -0.4 is 0 Å². The van der Waals surface area contributed by atoms with Gasteiger partial charge in [0.05, 0.1) is 12.6 Å². The molecule has 3 heteroatoms. The summed E-state index contributed by atoms with van der Waals surface area (Å²) < 4.78 is 0. The summed E-state index contributed by atoms with van der Waals surface area (Å²) in [5.74, 6) is 7.22. The molecule has 27 heavy (non-hydrogen) atoms. The third-order valence-electron chi connectivity index (χ3n) is 5.78. The lowest BCUT2D eigenvalue weighted by Gasteiger charge is -2.33. The number of rotatable bonds is 4. The molecule has 2 heterocycles. The minimum absolute atomic E-state index is 0.0593. The van der Waals surface area contributed by atoms with Crippen LogP contribution >= 0.6 is 0 Å². The van der Waals surface area contributed by atoms with Crippen LogP contribution in [-0.4, -0.2) is 42.3 Å². The van der Waals surface area contributed by atoms with Gasteiger partial charge in [0.15, 0.2) is 0 Å². The van der Waals surface area contributed by atoms with Gasteiger partial charge < -0.3 is 4.79 Å². The SMILES string of the molecule is O=CC1c2ccccc2CN1CC1CCN(CC#Cc2ccccc2)CC1. The fourth-order valence-corrected chi connectivity index (χ4v) is 4.25. The molecule has 0 aromatic heterocycles. The molecular weight excluding hydrogens is 332 g/mol. The van der Waals surface area contributed by atoms with Crippen molar-refractivity contribution in [2.24, 2.45) is 5.92 Å². The average Bonchev–Trinajstić information content (AvgIpc) is 3.07. The van der Waals surface area contributed by atoms with Gasteiger partial charge in [-0.15, -0.1) is 0 Å². The van der Waals surface area contributed by atoms with Gasteiger partial charge in [-0.2, -0.15) is 0 Å². The number of benzene rings is 2. The lowest BCUT2D eigenvalue weighted by molar-refractivity contribution is -0.112. The van der Waals surface area contributed by atoms with Crippen molar-refractivity contribution in [1.82, 2.24) is 9.80 Å². The standard InChI is InChI=1S/C24H26N2O/c27-19-24-23-11-5-4-10-22(23)18-26(24)17-21-12-15-25(16-13-21)14-6-9-20-7-2-1-3-8-20/h1-5,7-8,10-11,19,21,24H,12-18H2. The van der Waals surface area contributed by atoms with E-state index in [4.69, 9.17) is 0 Å². The van der Waals surface area contributed by atoms with Crippen LogP contribution in [-0.2, 0) is 11.3 Å². The fraction of sp³-hybridized carbons (Fsp3) is 0.375. The summed E-state index contributed by atoms with van der Waals surface area (Å²) in [5, 5.41) is 0. The number of hydrogen-bond donors (Lipinski definition) is 0. The first-order chi connectivity index (χ1) is 13.3. The predicted octanol–water partition coefficient (Wildman–Crippen LogP) is 3.51. The molecule has 1 saturated heterocycles. The Morgan fingerprint density at radius 3 is 2.52 bits per heavy atom. The van der Waals surface area contributed by atoms with Crippen molar-refractivity contribution in [1.29, 1.82) is 0 Å². The molecule has 0 aliphatic carbocycles. The molecule has 3 nitrogen and oxygen atoms in total. The lowest BCUT2D eigenvalue weighted by atomic mass is 9.95. The largest absolute Gasteiger partial charge is 0.301 e. The summed E-state index contributed by atoms with van der Waals surface area (Å²) in [6.07, 6.45) is 3.48. The van der Waals surface area contributed by atoms with E-state index in [-0.39, 0.29) is 6.04 Å². The molecule has 2 aromatic rings. The van der Waals surface area contributed by atoms with Crippen molar-refractivity contribution >= 4 is 6.29 Å². The Kier molecular flexibility index (Phi) is 5.67. The Morgan fingerprint density at radius 1 is 1.00 bits per heavy atom. The first-order valence-electron chi connectivity index (χ1n) is 9.87. The van der Waals surface area contributed by atoms with Crippen molar-refractivity contribution in [2.75, 3.05) is 26.2 Å². The summed E-state index contributed by atoms with van der Waals surface area (Å²) in [5.41, 5.74) is 3.59. The van der Waals surface area contributed by atoms with Crippen LogP contribution in [0.1, 0.15) is 35.6 Å². The number of carbonyl (C=O) groups excluding carboxylic acids is 1. The zero-order valence-corrected chi connectivity index (χ0v) is 15.7. The van der Waals surface area contributed by atoms with Gasteiger partial charge in [-0.1, -0.05) is 54.3 Å². The number of likely N-dealkylation sites (tertiary alicyclic amines) is 1. The molecule has 0 bridgehead atoms. The highest BCUT2D eigenvalue weighted by Crippen LogP contribution is 2.33. The minimum Gasteiger partial charge on any atom is -0.301 e. The van der Waals surface area contributed by atoms with Gasteiger partial charge in [0.1, 0.15) is 6.29 Å². The first kappa shape index (κ1) is 18.0. The highest BCUT2D eigenvalue weighted by atomic mass is 16.1. The van der Waals surface area contributed by atoms with Gasteiger partial charge >= 0.3 is 0 Å². The van der Waals surface area contributed by atoms with E-state index in [1.54, 1.807) is 0 Å². The Morgan fingerprint density at radius 2 is 1.74 bits per heavy atom. The van der Waals surface area contributed by atoms with E-state index in [2.05, 4.69) is 52.0 Å². The number of fused-ring (bicyclic) bond motifs is 1. The van der Waals surface area contributed by atoms with Gasteiger partial charge in [-0.05, 0) is 55.1 Å². The summed E-state index contributed by atoms with van der Waals surface area (Å²) >= 11 is 0. The van der Waals surface area contributed by atoms with Crippen molar-refractivity contribution in [3.8, 4) is 11.8 Å². The van der Waals surface area contributed by atoms with Crippen LogP contribution in [0.4, 0.5) is 0 Å². The van der Waals surface area contributed by atoms with E-state index in [0.29, 0.717) is 5.92 Å². The number of hydrogen-bond acceptors (Lipinski definition) is 3. The molecule has 4 rings (SSSR count). The van der Waals surface area contributed by atoms with Crippen LogP contribution in [0.15, 0.2) is 54.6 Å². The van der Waals surface area contributed by atoms with E-state index >= 15 is 0 Å². The molecule has 0 N–H and O–H groups in total. The average molecular weight is 358 g/mol. The fourth-order valence-electron chi connectivity index (χ4n) is 4.25. The molecule has 2 aliphatic heterocycles. The Labute approximate surface area is 162 Å². The Hall–Kier alpha value is -2.41. The van der Waals surface area contributed by atoms with Crippen molar-refractivity contribution in [3.05, 3.63) is 71.3 Å². The van der Waals surface area contributed by atoms with E-state index in [0.717, 1.165) is 44.6 Å². The van der Waals surface area contributed by atoms with Crippen LogP contribution in [0.25, 0.3) is 0 Å². The van der Waals surface area contributed by atoms with Crippen molar-refractivity contribution in [3.63, 3.8) is 0 Å². The summed E-state index contributed by atoms with van der Waals surface area (Å²) in [7, 11) is 0. The smallest absolute Gasteiger partial charge is 0.141 e. The van der Waals surface area contributed by atoms with Crippen molar-refractivity contribution in [2.45, 2.75) is 25.4 Å². The molecule has 2 aliphatic rings. The number of aldehydes is 1. The number of carbonyl (C=O) groups is 1. The molecule has 1 unspecified atom stereocenters. The molecule has 0 saturated carbocycles. The normalized spacial score (nSPS) is 20.7. The third-order valence-corrected chi connectivity index (χ3v) is 5.78. The van der Waals surface area contributed by atoms with Crippen LogP contribution in [0.5, 0.6) is 0 Å². The summed E-state index contributed by atoms with van der Waals surface area (Å²) in [6.45, 7) is 4.96. The van der Waals surface area contributed by atoms with Gasteiger partial charge in [0, 0.05) is 18.7 Å². The predicted molar refractivity (Wildman–Crippen MR) is 108 cm³/mol. The summed E-state index contributed by atoms with van der Waals surface area (Å²) in [4.78, 5) is 16.4. The van der Waals surface area contributed by atoms with Crippen LogP contribution in [0, 0.1) is 17.8 Å².